The minimum atomic E-state index is -0.956. The van der Waals surface area contributed by atoms with E-state index in [1.165, 1.54) is 22.5 Å². The molecule has 33 heavy (non-hydrogen) atoms. The molecule has 0 aromatic carbocycles. The number of carbonyl (C=O) groups is 3. The molecule has 3 aromatic rings. The van der Waals surface area contributed by atoms with E-state index in [9.17, 15) is 14.4 Å². The number of ether oxygens (including phenoxy) is 1. The fraction of sp³-hybridized carbons (Fsp3) is 0.333. The fourth-order valence-electron chi connectivity index (χ4n) is 3.60. The van der Waals surface area contributed by atoms with Gasteiger partial charge in [-0.25, -0.2) is 0 Å². The van der Waals surface area contributed by atoms with E-state index in [0.717, 1.165) is 24.4 Å². The smallest absolute Gasteiger partial charge is 0.270 e. The summed E-state index contributed by atoms with van der Waals surface area (Å²) in [7, 11) is 0. The molecule has 1 aliphatic rings. The van der Waals surface area contributed by atoms with E-state index in [1.54, 1.807) is 18.2 Å². The number of carbonyl (C=O) groups excluding carboxylic acids is 3. The normalized spacial score (nSPS) is 16.4. The number of nitrogens with zero attached hydrogens (tertiary/aromatic N) is 2. The first-order chi connectivity index (χ1) is 16.0. The largest absolute Gasteiger partial charge is 0.467 e. The zero-order chi connectivity index (χ0) is 23.4. The van der Waals surface area contributed by atoms with Crippen molar-refractivity contribution in [1.82, 2.24) is 14.6 Å². The van der Waals surface area contributed by atoms with Gasteiger partial charge in [0.25, 0.3) is 11.8 Å². The minimum absolute atomic E-state index is 0.00495. The zero-order valence-corrected chi connectivity index (χ0v) is 19.2. The van der Waals surface area contributed by atoms with Gasteiger partial charge in [-0.15, -0.1) is 11.3 Å². The molecule has 1 fully saturated rings. The Morgan fingerprint density at radius 1 is 1.30 bits per heavy atom. The van der Waals surface area contributed by atoms with Gasteiger partial charge < -0.3 is 30.8 Å². The van der Waals surface area contributed by atoms with Gasteiger partial charge in [0.05, 0.1) is 24.6 Å². The van der Waals surface area contributed by atoms with Crippen LogP contribution < -0.4 is 16.8 Å². The van der Waals surface area contributed by atoms with Gasteiger partial charge in [0, 0.05) is 18.0 Å². The molecular weight excluding hydrogens is 466 g/mol. The summed E-state index contributed by atoms with van der Waals surface area (Å²) in [6.45, 7) is 1.02. The lowest BCUT2D eigenvalue weighted by Crippen LogP contribution is -2.44. The molecule has 12 heteroatoms. The third-order valence-electron chi connectivity index (χ3n) is 5.22. The van der Waals surface area contributed by atoms with Crippen molar-refractivity contribution in [2.24, 2.45) is 5.73 Å². The molecular formula is C21H23N5O5S2. The molecule has 3 amide bonds. The summed E-state index contributed by atoms with van der Waals surface area (Å²) in [5.41, 5.74) is 11.0. The number of nitrogen functional groups attached to an aromatic ring is 1. The highest BCUT2D eigenvalue weighted by Crippen LogP contribution is 2.32. The third kappa shape index (κ3) is 5.07. The van der Waals surface area contributed by atoms with Crippen molar-refractivity contribution in [3.05, 3.63) is 57.1 Å². The number of furan rings is 1. The Kier molecular flexibility index (Phi) is 7.06. The number of primary amides is 1. The van der Waals surface area contributed by atoms with Crippen molar-refractivity contribution < 1.29 is 23.5 Å². The van der Waals surface area contributed by atoms with E-state index in [-0.39, 0.29) is 34.8 Å². The number of anilines is 1. The van der Waals surface area contributed by atoms with Gasteiger partial charge in [0.15, 0.2) is 5.69 Å². The highest BCUT2D eigenvalue weighted by Gasteiger charge is 2.36. The molecule has 4 rings (SSSR count). The van der Waals surface area contributed by atoms with Crippen molar-refractivity contribution in [3.63, 3.8) is 0 Å². The summed E-state index contributed by atoms with van der Waals surface area (Å²) < 4.78 is 15.0. The third-order valence-corrected chi connectivity index (χ3v) is 7.00. The average molecular weight is 490 g/mol. The number of nitrogens with one attached hydrogen (secondary N) is 1. The number of hydrogen-bond acceptors (Lipinski definition) is 9. The lowest BCUT2D eigenvalue weighted by molar-refractivity contribution is -0.126. The zero-order valence-electron chi connectivity index (χ0n) is 17.6. The van der Waals surface area contributed by atoms with Gasteiger partial charge in [-0.05, 0) is 48.0 Å². The van der Waals surface area contributed by atoms with Crippen LogP contribution in [0.15, 0.2) is 40.3 Å². The molecule has 174 valence electrons. The second kappa shape index (κ2) is 10.1. The van der Waals surface area contributed by atoms with Gasteiger partial charge in [0.1, 0.15) is 16.7 Å². The van der Waals surface area contributed by atoms with Crippen molar-refractivity contribution in [3.8, 4) is 0 Å². The molecule has 1 aliphatic heterocycles. The molecule has 0 aliphatic carbocycles. The molecule has 2 unspecified atom stereocenters. The van der Waals surface area contributed by atoms with Crippen LogP contribution in [0.3, 0.4) is 0 Å². The van der Waals surface area contributed by atoms with Gasteiger partial charge in [-0.2, -0.15) is 4.37 Å². The predicted molar refractivity (Wildman–Crippen MR) is 123 cm³/mol. The standard InChI is InChI=1S/C21H23N5O5S2/c22-15-16(19(23)27)25-33-18(15)21(29)26(11-13-5-2-8-31-13)17(14-6-3-9-32-14)20(28)24-10-12-4-1-7-30-12/h2-3,5-6,8-9,12,17H,1,4,7,10-11,22H2,(H2,23,27)(H,24,28). The number of hydrogen-bond donors (Lipinski definition) is 3. The van der Waals surface area contributed by atoms with Crippen molar-refractivity contribution in [2.45, 2.75) is 31.5 Å². The number of nitrogens with two attached hydrogens (primary N) is 2. The second-order valence-corrected chi connectivity index (χ2v) is 9.20. The number of rotatable bonds is 9. The molecule has 0 bridgehead atoms. The predicted octanol–water partition coefficient (Wildman–Crippen LogP) is 2.16. The number of aromatic nitrogens is 1. The molecule has 3 aromatic heterocycles. The maximum absolute atomic E-state index is 13.7. The molecule has 0 saturated carbocycles. The first-order valence-electron chi connectivity index (χ1n) is 10.3. The molecule has 2 atom stereocenters. The molecule has 1 saturated heterocycles. The molecule has 4 heterocycles. The summed E-state index contributed by atoms with van der Waals surface area (Å²) in [5, 5.41) is 4.75. The maximum Gasteiger partial charge on any atom is 0.270 e. The van der Waals surface area contributed by atoms with Crippen LogP contribution >= 0.6 is 22.9 Å². The molecule has 0 spiro atoms. The van der Waals surface area contributed by atoms with E-state index in [4.69, 9.17) is 20.6 Å². The lowest BCUT2D eigenvalue weighted by Gasteiger charge is -2.30. The summed E-state index contributed by atoms with van der Waals surface area (Å²) in [5.74, 6) is -1.26. The van der Waals surface area contributed by atoms with E-state index in [0.29, 0.717) is 23.8 Å². The van der Waals surface area contributed by atoms with Crippen LogP contribution in [0.4, 0.5) is 5.69 Å². The Hall–Kier alpha value is -3.22. The van der Waals surface area contributed by atoms with Crippen LogP contribution in [0.1, 0.15) is 49.7 Å². The molecule has 0 radical (unpaired) electrons. The van der Waals surface area contributed by atoms with Gasteiger partial charge in [-0.3, -0.25) is 14.4 Å². The van der Waals surface area contributed by atoms with Crippen LogP contribution in [0.2, 0.25) is 0 Å². The fourth-order valence-corrected chi connectivity index (χ4v) is 5.19. The minimum Gasteiger partial charge on any atom is -0.467 e. The van der Waals surface area contributed by atoms with E-state index >= 15 is 0 Å². The Morgan fingerprint density at radius 2 is 2.15 bits per heavy atom. The van der Waals surface area contributed by atoms with E-state index in [1.807, 2.05) is 11.4 Å². The Bertz CT molecular complexity index is 1110. The SMILES string of the molecule is NC(=O)c1nsc(C(=O)N(Cc2ccco2)C(C(=O)NCC2CCCO2)c2cccs2)c1N. The van der Waals surface area contributed by atoms with Gasteiger partial charge >= 0.3 is 0 Å². The molecule has 5 N–H and O–H groups in total. The monoisotopic (exact) mass is 489 g/mol. The van der Waals surface area contributed by atoms with Crippen molar-refractivity contribution >= 4 is 46.3 Å². The van der Waals surface area contributed by atoms with Crippen LogP contribution in [0, 0.1) is 0 Å². The summed E-state index contributed by atoms with van der Waals surface area (Å²) in [6, 6.07) is 6.04. The first kappa shape index (κ1) is 23.0. The second-order valence-electron chi connectivity index (χ2n) is 7.45. The highest BCUT2D eigenvalue weighted by molar-refractivity contribution is 7.10. The molecule has 10 nitrogen and oxygen atoms in total. The number of amides is 3. The van der Waals surface area contributed by atoms with Crippen molar-refractivity contribution in [2.75, 3.05) is 18.9 Å². The first-order valence-corrected chi connectivity index (χ1v) is 11.9. The van der Waals surface area contributed by atoms with Gasteiger partial charge in [-0.1, -0.05) is 6.07 Å². The van der Waals surface area contributed by atoms with E-state index < -0.39 is 17.9 Å². The van der Waals surface area contributed by atoms with Crippen LogP contribution in [0.5, 0.6) is 0 Å². The van der Waals surface area contributed by atoms with Crippen LogP contribution in [-0.4, -0.2) is 46.3 Å². The topological polar surface area (TPSA) is 154 Å². The lowest BCUT2D eigenvalue weighted by atomic mass is 10.1. The van der Waals surface area contributed by atoms with Crippen molar-refractivity contribution in [1.29, 1.82) is 0 Å². The van der Waals surface area contributed by atoms with E-state index in [2.05, 4.69) is 9.69 Å². The Labute approximate surface area is 197 Å². The average Bonchev–Trinajstić information content (AvgIpc) is 3.60. The quantitative estimate of drug-likeness (QED) is 0.416. The maximum atomic E-state index is 13.7. The van der Waals surface area contributed by atoms with Gasteiger partial charge in [0.2, 0.25) is 5.91 Å². The Balaban J connectivity index is 1.68. The van der Waals surface area contributed by atoms with Crippen LogP contribution in [-0.2, 0) is 16.1 Å². The number of thiophene rings is 1. The summed E-state index contributed by atoms with van der Waals surface area (Å²) >= 11 is 2.12. The highest BCUT2D eigenvalue weighted by atomic mass is 32.1. The van der Waals surface area contributed by atoms with Crippen LogP contribution in [0.25, 0.3) is 0 Å². The summed E-state index contributed by atoms with van der Waals surface area (Å²) in [6.07, 6.45) is 3.25. The Morgan fingerprint density at radius 3 is 2.76 bits per heavy atom. The summed E-state index contributed by atoms with van der Waals surface area (Å²) in [4.78, 5) is 40.7.